The molecule has 0 saturated carbocycles. The average molecular weight is 385 g/mol. The summed E-state index contributed by atoms with van der Waals surface area (Å²) in [5.74, 6) is -0.0442. The van der Waals surface area contributed by atoms with Crippen molar-refractivity contribution in [2.24, 2.45) is 13.0 Å². The number of nitrogens with zero attached hydrogens (tertiary/aromatic N) is 4. The smallest absolute Gasteiger partial charge is 0.341 e. The molecule has 150 valence electrons. The largest absolute Gasteiger partial charge is 0.465 e. The summed E-state index contributed by atoms with van der Waals surface area (Å²) in [7, 11) is 3.18. The normalized spacial score (nSPS) is 14.8. The number of carbonyl (C=O) groups is 2. The predicted molar refractivity (Wildman–Crippen MR) is 106 cm³/mol. The highest BCUT2D eigenvalue weighted by molar-refractivity contribution is 5.97. The summed E-state index contributed by atoms with van der Waals surface area (Å²) in [4.78, 5) is 31.1. The Morgan fingerprint density at radius 1 is 1.29 bits per heavy atom. The van der Waals surface area contributed by atoms with E-state index in [1.54, 1.807) is 24.1 Å². The van der Waals surface area contributed by atoms with Crippen LogP contribution >= 0.6 is 0 Å². The lowest BCUT2D eigenvalue weighted by atomic mass is 9.95. The molecule has 3 heterocycles. The Labute approximate surface area is 164 Å². The van der Waals surface area contributed by atoms with Crippen molar-refractivity contribution in [2.45, 2.75) is 26.7 Å². The van der Waals surface area contributed by atoms with Crippen LogP contribution in [0.15, 0.2) is 18.5 Å². The molecule has 1 N–H and O–H groups in total. The van der Waals surface area contributed by atoms with Gasteiger partial charge in [0.25, 0.3) is 5.91 Å². The van der Waals surface area contributed by atoms with Crippen molar-refractivity contribution in [2.75, 3.05) is 31.6 Å². The lowest BCUT2D eigenvalue weighted by Crippen LogP contribution is -2.39. The van der Waals surface area contributed by atoms with E-state index in [1.807, 2.05) is 19.9 Å². The maximum Gasteiger partial charge on any atom is 0.341 e. The summed E-state index contributed by atoms with van der Waals surface area (Å²) in [6.07, 6.45) is 5.16. The first-order valence-electron chi connectivity index (χ1n) is 9.47. The van der Waals surface area contributed by atoms with Crippen LogP contribution in [0.25, 0.3) is 0 Å². The fraction of sp³-hybridized carbons (Fsp3) is 0.500. The molecule has 0 aromatic carbocycles. The fourth-order valence-corrected chi connectivity index (χ4v) is 3.67. The van der Waals surface area contributed by atoms with Gasteiger partial charge in [0, 0.05) is 38.6 Å². The minimum atomic E-state index is -0.356. The number of pyridine rings is 1. The monoisotopic (exact) mass is 385 g/mol. The van der Waals surface area contributed by atoms with E-state index < -0.39 is 0 Å². The van der Waals surface area contributed by atoms with Crippen LogP contribution in [0.3, 0.4) is 0 Å². The van der Waals surface area contributed by atoms with Crippen LogP contribution in [-0.4, -0.2) is 53.4 Å². The molecule has 0 spiro atoms. The van der Waals surface area contributed by atoms with Crippen molar-refractivity contribution >= 4 is 17.6 Å². The zero-order valence-electron chi connectivity index (χ0n) is 16.9. The van der Waals surface area contributed by atoms with Crippen molar-refractivity contribution < 1.29 is 14.3 Å². The maximum absolute atomic E-state index is 12.2. The molecule has 0 radical (unpaired) electrons. The molecule has 1 aliphatic rings. The first-order chi connectivity index (χ1) is 13.4. The predicted octanol–water partition coefficient (Wildman–Crippen LogP) is 1.86. The number of ether oxygens (including phenoxy) is 1. The summed E-state index contributed by atoms with van der Waals surface area (Å²) in [6.45, 7) is 6.04. The first-order valence-corrected chi connectivity index (χ1v) is 9.47. The molecule has 1 amide bonds. The van der Waals surface area contributed by atoms with Gasteiger partial charge in [0.1, 0.15) is 5.56 Å². The molecule has 3 rings (SSSR count). The third-order valence-electron chi connectivity index (χ3n) is 5.17. The van der Waals surface area contributed by atoms with Gasteiger partial charge in [-0.15, -0.1) is 0 Å². The Hall–Kier alpha value is -2.90. The van der Waals surface area contributed by atoms with E-state index in [4.69, 9.17) is 4.74 Å². The molecule has 0 atom stereocenters. The van der Waals surface area contributed by atoms with Crippen molar-refractivity contribution in [1.82, 2.24) is 20.1 Å². The molecular weight excluding hydrogens is 358 g/mol. The van der Waals surface area contributed by atoms with Crippen molar-refractivity contribution in [3.8, 4) is 0 Å². The number of anilines is 1. The summed E-state index contributed by atoms with van der Waals surface area (Å²) in [5.41, 5.74) is 3.57. The minimum Gasteiger partial charge on any atom is -0.465 e. The quantitative estimate of drug-likeness (QED) is 0.791. The van der Waals surface area contributed by atoms with Gasteiger partial charge in [-0.25, -0.2) is 4.79 Å². The number of methoxy groups -OCH3 is 1. The van der Waals surface area contributed by atoms with Crippen molar-refractivity contribution in [3.05, 3.63) is 41.0 Å². The van der Waals surface area contributed by atoms with Crippen LogP contribution in [0.5, 0.6) is 0 Å². The number of carbonyl (C=O) groups excluding carboxylic acids is 2. The van der Waals surface area contributed by atoms with E-state index in [2.05, 4.69) is 20.3 Å². The van der Waals surface area contributed by atoms with Gasteiger partial charge in [0.15, 0.2) is 0 Å². The number of hydrogen-bond donors (Lipinski definition) is 1. The molecular formula is C20H27N5O3. The molecule has 1 saturated heterocycles. The third-order valence-corrected chi connectivity index (χ3v) is 5.17. The number of rotatable bonds is 5. The highest BCUT2D eigenvalue weighted by atomic mass is 16.5. The summed E-state index contributed by atoms with van der Waals surface area (Å²) in [5, 5.41) is 7.02. The van der Waals surface area contributed by atoms with Gasteiger partial charge in [0.05, 0.1) is 30.3 Å². The van der Waals surface area contributed by atoms with E-state index >= 15 is 0 Å². The van der Waals surface area contributed by atoms with Gasteiger partial charge in [-0.3, -0.25) is 14.5 Å². The van der Waals surface area contributed by atoms with Crippen molar-refractivity contribution in [1.29, 1.82) is 0 Å². The van der Waals surface area contributed by atoms with Gasteiger partial charge in [0.2, 0.25) is 0 Å². The van der Waals surface area contributed by atoms with Gasteiger partial charge in [-0.1, -0.05) is 0 Å². The van der Waals surface area contributed by atoms with Gasteiger partial charge in [-0.2, -0.15) is 5.10 Å². The molecule has 1 aliphatic heterocycles. The average Bonchev–Trinajstić information content (AvgIpc) is 3.12. The number of aromatic nitrogens is 3. The first kappa shape index (κ1) is 19.9. The maximum atomic E-state index is 12.2. The molecule has 2 aromatic heterocycles. The van der Waals surface area contributed by atoms with Crippen molar-refractivity contribution in [3.63, 3.8) is 0 Å². The summed E-state index contributed by atoms with van der Waals surface area (Å²) in [6, 6.07) is 1.95. The Balaban J connectivity index is 1.61. The molecule has 0 bridgehead atoms. The van der Waals surface area contributed by atoms with E-state index in [9.17, 15) is 9.59 Å². The highest BCUT2D eigenvalue weighted by Gasteiger charge is 2.25. The van der Waals surface area contributed by atoms with Crippen LogP contribution < -0.4 is 10.2 Å². The van der Waals surface area contributed by atoms with Crippen LogP contribution in [0.2, 0.25) is 0 Å². The summed E-state index contributed by atoms with van der Waals surface area (Å²) < 4.78 is 6.57. The third kappa shape index (κ3) is 4.32. The van der Waals surface area contributed by atoms with E-state index in [1.165, 1.54) is 7.11 Å². The Kier molecular flexibility index (Phi) is 5.96. The van der Waals surface area contributed by atoms with Crippen LogP contribution in [0.1, 0.15) is 44.9 Å². The zero-order valence-corrected chi connectivity index (χ0v) is 16.9. The second-order valence-corrected chi connectivity index (χ2v) is 7.28. The minimum absolute atomic E-state index is 0.0936. The molecule has 0 unspecified atom stereocenters. The molecule has 1 fully saturated rings. The Bertz CT molecular complexity index is 869. The second kappa shape index (κ2) is 8.41. The fourth-order valence-electron chi connectivity index (χ4n) is 3.67. The van der Waals surface area contributed by atoms with Gasteiger partial charge >= 0.3 is 5.97 Å². The number of aryl methyl sites for hydroxylation is 3. The van der Waals surface area contributed by atoms with Crippen LogP contribution in [0, 0.1) is 19.8 Å². The van der Waals surface area contributed by atoms with Gasteiger partial charge < -0.3 is 15.0 Å². The SMILES string of the molecule is COC(=O)c1c(N2CCC(CNC(=O)c3cnn(C)c3)CC2)cc(C)nc1C. The van der Waals surface area contributed by atoms with Crippen LogP contribution in [0.4, 0.5) is 5.69 Å². The zero-order chi connectivity index (χ0) is 20.3. The molecule has 0 aliphatic carbocycles. The van der Waals surface area contributed by atoms with E-state index in [-0.39, 0.29) is 11.9 Å². The number of piperidine rings is 1. The Morgan fingerprint density at radius 3 is 2.61 bits per heavy atom. The molecule has 8 heteroatoms. The molecule has 8 nitrogen and oxygen atoms in total. The van der Waals surface area contributed by atoms with E-state index in [0.29, 0.717) is 29.3 Å². The number of nitrogens with one attached hydrogen (secondary N) is 1. The lowest BCUT2D eigenvalue weighted by Gasteiger charge is -2.34. The second-order valence-electron chi connectivity index (χ2n) is 7.28. The van der Waals surface area contributed by atoms with E-state index in [0.717, 1.165) is 37.3 Å². The molecule has 28 heavy (non-hydrogen) atoms. The number of amides is 1. The topological polar surface area (TPSA) is 89.4 Å². The van der Waals surface area contributed by atoms with Gasteiger partial charge in [-0.05, 0) is 38.7 Å². The lowest BCUT2D eigenvalue weighted by molar-refractivity contribution is 0.0599. The standard InChI is InChI=1S/C20H27N5O3/c1-13-9-17(18(14(2)23-13)20(27)28-4)25-7-5-15(6-8-25)10-21-19(26)16-11-22-24(3)12-16/h9,11-12,15H,5-8,10H2,1-4H3,(H,21,26). The molecule has 2 aromatic rings. The Morgan fingerprint density at radius 2 is 2.00 bits per heavy atom. The number of esters is 1. The highest BCUT2D eigenvalue weighted by Crippen LogP contribution is 2.29. The number of hydrogen-bond acceptors (Lipinski definition) is 6. The summed E-state index contributed by atoms with van der Waals surface area (Å²) >= 11 is 0. The van der Waals surface area contributed by atoms with Crippen LogP contribution in [-0.2, 0) is 11.8 Å².